The van der Waals surface area contributed by atoms with E-state index in [0.29, 0.717) is 19.3 Å². The molecule has 0 bridgehead atoms. The first-order valence-electron chi connectivity index (χ1n) is 36.4. The van der Waals surface area contributed by atoms with Crippen LogP contribution in [-0.2, 0) is 23.7 Å². The van der Waals surface area contributed by atoms with E-state index in [1.54, 1.807) is 6.08 Å². The van der Waals surface area contributed by atoms with Gasteiger partial charge in [-0.3, -0.25) is 4.79 Å². The monoisotopic (exact) mass is 1290 g/mol. The zero-order chi connectivity index (χ0) is 66.6. The predicted molar refractivity (Wildman–Crippen MR) is 378 cm³/mol. The van der Waals surface area contributed by atoms with Gasteiger partial charge in [-0.25, -0.2) is 0 Å². The number of amides is 1. The van der Waals surface area contributed by atoms with Gasteiger partial charge in [0.25, 0.3) is 0 Å². The first-order valence-corrected chi connectivity index (χ1v) is 36.4. The summed E-state index contributed by atoms with van der Waals surface area (Å²) in [6, 6.07) is -0.975. The molecule has 0 radical (unpaired) electrons. The molecule has 0 aromatic heterocycles. The van der Waals surface area contributed by atoms with E-state index in [1.807, 2.05) is 12.2 Å². The Morgan fingerprint density at radius 1 is 0.402 bits per heavy atom. The molecule has 0 aliphatic carbocycles. The Morgan fingerprint density at radius 3 is 1.20 bits per heavy atom. The van der Waals surface area contributed by atoms with Crippen molar-refractivity contribution in [1.82, 2.24) is 5.32 Å². The number of allylic oxidation sites excluding steroid dienone is 21. The summed E-state index contributed by atoms with van der Waals surface area (Å²) >= 11 is 0. The van der Waals surface area contributed by atoms with Gasteiger partial charge in [0, 0.05) is 6.42 Å². The Bertz CT molecular complexity index is 2060. The Labute approximate surface area is 558 Å². The molecule has 92 heavy (non-hydrogen) atoms. The quantitative estimate of drug-likeness (QED) is 0.0204. The number of aliphatic hydroxyl groups excluding tert-OH is 8. The largest absolute Gasteiger partial charge is 0.394 e. The molecule has 2 fully saturated rings. The highest BCUT2D eigenvalue weighted by molar-refractivity contribution is 5.76. The van der Waals surface area contributed by atoms with Crippen molar-refractivity contribution in [2.24, 2.45) is 0 Å². The number of carbonyl (C=O) groups excluding carboxylic acids is 1. The molecular weight excluding hydrogens is 1160 g/mol. The summed E-state index contributed by atoms with van der Waals surface area (Å²) in [5.74, 6) is -0.310. The van der Waals surface area contributed by atoms with Crippen LogP contribution in [0, 0.1) is 0 Å². The van der Waals surface area contributed by atoms with Gasteiger partial charge in [0.15, 0.2) is 12.6 Å². The molecule has 2 rings (SSSR count). The summed E-state index contributed by atoms with van der Waals surface area (Å²) in [6.45, 7) is 2.64. The molecule has 2 heterocycles. The van der Waals surface area contributed by atoms with Crippen LogP contribution in [0.2, 0.25) is 0 Å². The molecule has 2 aliphatic heterocycles. The fourth-order valence-electron chi connectivity index (χ4n) is 11.1. The van der Waals surface area contributed by atoms with Crippen LogP contribution in [0.3, 0.4) is 0 Å². The maximum atomic E-state index is 13.3. The van der Waals surface area contributed by atoms with Crippen molar-refractivity contribution >= 4 is 5.91 Å². The van der Waals surface area contributed by atoms with Crippen molar-refractivity contribution in [2.45, 2.75) is 331 Å². The molecule has 0 saturated carbocycles. The molecule has 0 aromatic carbocycles. The van der Waals surface area contributed by atoms with Gasteiger partial charge in [0.05, 0.1) is 32.0 Å². The predicted octanol–water partition coefficient (Wildman–Crippen LogP) is 15.5. The van der Waals surface area contributed by atoms with Crippen LogP contribution in [-0.4, -0.2) is 140 Å². The maximum Gasteiger partial charge on any atom is 0.220 e. The summed E-state index contributed by atoms with van der Waals surface area (Å²) in [5, 5.41) is 87.4. The lowest BCUT2D eigenvalue weighted by Gasteiger charge is -2.46. The number of ether oxygens (including phenoxy) is 4. The minimum atomic E-state index is -1.80. The Balaban J connectivity index is 1.73. The molecule has 1 amide bonds. The minimum Gasteiger partial charge on any atom is -0.394 e. The SMILES string of the molecule is CC/C=C\C/C=C\C/C=C\C/C=C\C/C=C\C/C=C\C/C=C\C/C=C\C/C=C\CCCC(=O)NC(COC1OC(CO)C(OC2OC(CO)C(O)C(O)C2O)C(O)C1O)C(O)/C=C/CC/C=C/CCCCCCCCCCCCCCCCCCCCCCCCC. The van der Waals surface area contributed by atoms with Gasteiger partial charge in [-0.05, 0) is 96.3 Å². The van der Waals surface area contributed by atoms with E-state index >= 15 is 0 Å². The lowest BCUT2D eigenvalue weighted by Crippen LogP contribution is -2.65. The van der Waals surface area contributed by atoms with E-state index in [1.165, 1.54) is 148 Å². The maximum absolute atomic E-state index is 13.3. The van der Waals surface area contributed by atoms with Crippen molar-refractivity contribution in [3.05, 3.63) is 134 Å². The zero-order valence-corrected chi connectivity index (χ0v) is 57.2. The topological polar surface area (TPSA) is 228 Å². The van der Waals surface area contributed by atoms with Gasteiger partial charge in [-0.2, -0.15) is 0 Å². The number of hydrogen-bond acceptors (Lipinski definition) is 13. The summed E-state index contributed by atoms with van der Waals surface area (Å²) in [4.78, 5) is 13.3. The van der Waals surface area contributed by atoms with Crippen LogP contribution in [0.25, 0.3) is 0 Å². The van der Waals surface area contributed by atoms with Crippen LogP contribution in [0.15, 0.2) is 134 Å². The normalized spacial score (nSPS) is 23.5. The van der Waals surface area contributed by atoms with Crippen LogP contribution < -0.4 is 5.32 Å². The van der Waals surface area contributed by atoms with E-state index in [2.05, 4.69) is 135 Å². The van der Waals surface area contributed by atoms with Gasteiger partial charge in [-0.1, -0.05) is 289 Å². The van der Waals surface area contributed by atoms with Crippen molar-refractivity contribution < 1.29 is 64.6 Å². The average Bonchev–Trinajstić information content (AvgIpc) is 0.836. The smallest absolute Gasteiger partial charge is 0.220 e. The van der Waals surface area contributed by atoms with E-state index in [-0.39, 0.29) is 18.9 Å². The third-order valence-corrected chi connectivity index (χ3v) is 16.8. The minimum absolute atomic E-state index is 0.184. The molecule has 2 saturated heterocycles. The Morgan fingerprint density at radius 2 is 0.761 bits per heavy atom. The van der Waals surface area contributed by atoms with Crippen LogP contribution >= 0.6 is 0 Å². The fourth-order valence-corrected chi connectivity index (χ4v) is 11.1. The second-order valence-corrected chi connectivity index (χ2v) is 25.0. The molecule has 0 aromatic rings. The highest BCUT2D eigenvalue weighted by Gasteiger charge is 2.51. The highest BCUT2D eigenvalue weighted by Crippen LogP contribution is 2.30. The summed E-state index contributed by atoms with van der Waals surface area (Å²) in [7, 11) is 0. The van der Waals surface area contributed by atoms with Crippen molar-refractivity contribution in [2.75, 3.05) is 19.8 Å². The molecule has 14 heteroatoms. The summed E-state index contributed by atoms with van der Waals surface area (Å²) in [6.07, 6.45) is 73.8. The van der Waals surface area contributed by atoms with Crippen LogP contribution in [0.5, 0.6) is 0 Å². The first kappa shape index (κ1) is 84.2. The lowest BCUT2D eigenvalue weighted by atomic mass is 9.97. The Hall–Kier alpha value is -3.87. The van der Waals surface area contributed by atoms with Crippen LogP contribution in [0.1, 0.15) is 258 Å². The number of nitrogens with one attached hydrogen (secondary N) is 1. The molecule has 9 N–H and O–H groups in total. The second kappa shape index (κ2) is 60.8. The van der Waals surface area contributed by atoms with Gasteiger partial charge in [0.1, 0.15) is 48.8 Å². The molecular formula is C78H131NO13. The molecule has 0 spiro atoms. The molecule has 14 nitrogen and oxygen atoms in total. The third kappa shape index (κ3) is 44.0. The molecule has 12 unspecified atom stereocenters. The molecule has 12 atom stereocenters. The number of aliphatic hydroxyl groups is 8. The van der Waals surface area contributed by atoms with Crippen LogP contribution in [0.4, 0.5) is 0 Å². The zero-order valence-electron chi connectivity index (χ0n) is 57.2. The molecule has 2 aliphatic rings. The standard InChI is InChI=1S/C78H131NO13/c1-3-5-7-9-11-13-15-17-19-21-23-25-27-29-31-33-35-37-39-41-43-45-47-49-51-53-55-57-59-61-67(82)66(65-89-77-75(88)73(86)76(69(64-81)91-77)92-78-74(87)72(85)71(84)68(63-80)90-78)79-70(83)62-60-58-56-54-52-50-48-46-44-42-40-38-36-34-32-30-28-26-24-22-20-18-16-14-12-10-8-6-4-2/h6,8,12,14,18,20,24,26,30,32,36,38,42,44,48,50-51,53-54,56,59,61,66-69,71-78,80-82,84-88H,3-5,7,9-11,13,15-17,19,21-23,25,27-29,31,33-35,37,39-41,43,45-47,49,52,55,57-58,60,62-65H2,1-2H3,(H,79,83)/b8-6-,14-12-,20-18-,26-24-,32-30-,38-36-,44-42-,50-48-,53-51+,56-54-,61-59+. The van der Waals surface area contributed by atoms with Gasteiger partial charge >= 0.3 is 0 Å². The van der Waals surface area contributed by atoms with E-state index in [4.69, 9.17) is 18.9 Å². The summed E-state index contributed by atoms with van der Waals surface area (Å²) in [5.41, 5.74) is 0. The van der Waals surface area contributed by atoms with E-state index in [0.717, 1.165) is 70.6 Å². The first-order chi connectivity index (χ1) is 45.1. The lowest BCUT2D eigenvalue weighted by molar-refractivity contribution is -0.359. The highest BCUT2D eigenvalue weighted by atomic mass is 16.7. The average molecular weight is 1290 g/mol. The number of rotatable bonds is 58. The van der Waals surface area contributed by atoms with E-state index < -0.39 is 86.8 Å². The number of carbonyl (C=O) groups is 1. The summed E-state index contributed by atoms with van der Waals surface area (Å²) < 4.78 is 22.8. The van der Waals surface area contributed by atoms with Crippen molar-refractivity contribution in [1.29, 1.82) is 0 Å². The van der Waals surface area contributed by atoms with E-state index in [9.17, 15) is 45.6 Å². The third-order valence-electron chi connectivity index (χ3n) is 16.8. The Kier molecular flexibility index (Phi) is 55.6. The van der Waals surface area contributed by atoms with Gasteiger partial charge in [-0.15, -0.1) is 0 Å². The number of unbranched alkanes of at least 4 members (excludes halogenated alkanes) is 25. The van der Waals surface area contributed by atoms with Crippen molar-refractivity contribution in [3.63, 3.8) is 0 Å². The van der Waals surface area contributed by atoms with Crippen molar-refractivity contribution in [3.8, 4) is 0 Å². The van der Waals surface area contributed by atoms with Gasteiger partial charge < -0.3 is 65.1 Å². The van der Waals surface area contributed by atoms with Gasteiger partial charge in [0.2, 0.25) is 5.91 Å². The number of hydrogen-bond donors (Lipinski definition) is 9. The molecule has 526 valence electrons. The fraction of sp³-hybridized carbons (Fsp3) is 0.705. The second-order valence-electron chi connectivity index (χ2n) is 25.0.